The van der Waals surface area contributed by atoms with Crippen LogP contribution in [0, 0.1) is 0 Å². The molecule has 4 heterocycles. The molecule has 0 aliphatic heterocycles. The van der Waals surface area contributed by atoms with Crippen LogP contribution in [0.2, 0.25) is 0 Å². The second kappa shape index (κ2) is 11.8. The zero-order valence-corrected chi connectivity index (χ0v) is 31.2. The van der Waals surface area contributed by atoms with Crippen LogP contribution in [0.4, 0.5) is 0 Å². The summed E-state index contributed by atoms with van der Waals surface area (Å²) in [6.45, 7) is 0. The Labute approximate surface area is 332 Å². The third-order valence-corrected chi connectivity index (χ3v) is 12.1. The standard InChI is InChI=1S/C54H32N2O2/c1-3-13-36(14-4-1)55-46-20-10-7-17-38(46)43-29-33(23-26-48(43)55)35-31-42(53-45(32-35)40-25-28-51-52(54(40)58-53)41-19-9-12-22-50(41)57-51)34-24-27-49-44(30-34)39-18-8-11-21-47(39)56(49)37-15-5-2-6-16-37/h1-32H. The molecule has 0 N–H and O–H groups in total. The van der Waals surface area contributed by atoms with Gasteiger partial charge in [0.25, 0.3) is 0 Å². The van der Waals surface area contributed by atoms with Crippen LogP contribution >= 0.6 is 0 Å². The van der Waals surface area contributed by atoms with E-state index in [0.717, 1.165) is 77.5 Å². The number of rotatable bonds is 4. The Hall–Kier alpha value is -7.82. The molecular weight excluding hydrogens is 709 g/mol. The van der Waals surface area contributed by atoms with E-state index in [0.29, 0.717) is 0 Å². The van der Waals surface area contributed by atoms with Crippen LogP contribution in [0.5, 0.6) is 0 Å². The summed E-state index contributed by atoms with van der Waals surface area (Å²) in [7, 11) is 0. The maximum absolute atomic E-state index is 7.09. The molecule has 0 amide bonds. The maximum Gasteiger partial charge on any atom is 0.147 e. The normalized spacial score (nSPS) is 12.1. The molecule has 0 bridgehead atoms. The lowest BCUT2D eigenvalue weighted by atomic mass is 9.94. The average Bonchev–Trinajstić information content (AvgIpc) is 4.04. The van der Waals surface area contributed by atoms with Crippen LogP contribution in [0.3, 0.4) is 0 Å². The number of hydrogen-bond acceptors (Lipinski definition) is 2. The Morgan fingerprint density at radius 3 is 1.50 bits per heavy atom. The quantitative estimate of drug-likeness (QED) is 0.180. The molecule has 0 saturated heterocycles. The Morgan fingerprint density at radius 1 is 0.293 bits per heavy atom. The first kappa shape index (κ1) is 31.4. The minimum absolute atomic E-state index is 0.824. The SMILES string of the molecule is c1ccc(-n2c3ccccc3c3cc(-c4cc(-c5ccc6c(c5)c5ccccc5n6-c5ccccc5)c5oc6c(ccc7oc8ccccc8c76)c5c4)ccc32)cc1. The van der Waals surface area contributed by atoms with Crippen molar-refractivity contribution < 1.29 is 8.83 Å². The number of furan rings is 2. The van der Waals surface area contributed by atoms with Crippen LogP contribution < -0.4 is 0 Å². The molecule has 13 aromatic rings. The van der Waals surface area contributed by atoms with Gasteiger partial charge < -0.3 is 18.0 Å². The molecule has 0 saturated carbocycles. The Kier molecular flexibility index (Phi) is 6.41. The number of para-hydroxylation sites is 5. The largest absolute Gasteiger partial charge is 0.456 e. The summed E-state index contributed by atoms with van der Waals surface area (Å²) >= 11 is 0. The lowest BCUT2D eigenvalue weighted by molar-refractivity contribution is 0.663. The van der Waals surface area contributed by atoms with Crippen molar-refractivity contribution >= 4 is 87.5 Å². The summed E-state index contributed by atoms with van der Waals surface area (Å²) < 4.78 is 18.2. The van der Waals surface area contributed by atoms with Gasteiger partial charge in [-0.3, -0.25) is 0 Å². The van der Waals surface area contributed by atoms with Gasteiger partial charge in [-0.15, -0.1) is 0 Å². The van der Waals surface area contributed by atoms with Gasteiger partial charge in [0.2, 0.25) is 0 Å². The minimum atomic E-state index is 0.824. The fourth-order valence-electron chi connectivity index (χ4n) is 9.53. The molecule has 4 aromatic heterocycles. The molecule has 0 atom stereocenters. The van der Waals surface area contributed by atoms with Crippen molar-refractivity contribution in [2.75, 3.05) is 0 Å². The molecule has 4 heteroatoms. The second-order valence-corrected chi connectivity index (χ2v) is 15.3. The van der Waals surface area contributed by atoms with Crippen LogP contribution in [-0.2, 0) is 0 Å². The van der Waals surface area contributed by atoms with Crippen molar-refractivity contribution in [2.45, 2.75) is 0 Å². The van der Waals surface area contributed by atoms with Gasteiger partial charge in [0.15, 0.2) is 0 Å². The fraction of sp³-hybridized carbons (Fsp3) is 0. The molecule has 270 valence electrons. The topological polar surface area (TPSA) is 36.1 Å². The van der Waals surface area contributed by atoms with Gasteiger partial charge in [-0.2, -0.15) is 0 Å². The first-order valence-electron chi connectivity index (χ1n) is 19.8. The average molecular weight is 741 g/mol. The molecule has 9 aromatic carbocycles. The van der Waals surface area contributed by atoms with E-state index in [1.54, 1.807) is 0 Å². The summed E-state index contributed by atoms with van der Waals surface area (Å²) in [5, 5.41) is 9.07. The molecule has 0 unspecified atom stereocenters. The number of benzene rings is 9. The van der Waals surface area contributed by atoms with Gasteiger partial charge in [0.1, 0.15) is 22.3 Å². The van der Waals surface area contributed by atoms with E-state index in [4.69, 9.17) is 8.83 Å². The molecule has 58 heavy (non-hydrogen) atoms. The molecule has 0 aliphatic rings. The van der Waals surface area contributed by atoms with Crippen molar-refractivity contribution in [1.29, 1.82) is 0 Å². The molecule has 4 nitrogen and oxygen atoms in total. The number of aromatic nitrogens is 2. The predicted molar refractivity (Wildman–Crippen MR) is 241 cm³/mol. The monoisotopic (exact) mass is 740 g/mol. The van der Waals surface area contributed by atoms with Crippen molar-refractivity contribution in [3.05, 3.63) is 194 Å². The van der Waals surface area contributed by atoms with Gasteiger partial charge in [0, 0.05) is 54.6 Å². The summed E-state index contributed by atoms with van der Waals surface area (Å²) in [5.74, 6) is 0. The van der Waals surface area contributed by atoms with E-state index in [9.17, 15) is 0 Å². The maximum atomic E-state index is 7.09. The molecule has 0 radical (unpaired) electrons. The highest BCUT2D eigenvalue weighted by Crippen LogP contribution is 2.46. The molecule has 0 spiro atoms. The van der Waals surface area contributed by atoms with E-state index in [1.165, 1.54) is 43.6 Å². The van der Waals surface area contributed by atoms with Crippen molar-refractivity contribution in [3.8, 4) is 33.6 Å². The highest BCUT2D eigenvalue weighted by atomic mass is 16.3. The molecular formula is C54H32N2O2. The first-order chi connectivity index (χ1) is 28.8. The van der Waals surface area contributed by atoms with E-state index >= 15 is 0 Å². The lowest BCUT2D eigenvalue weighted by Crippen LogP contribution is -1.93. The zero-order valence-electron chi connectivity index (χ0n) is 31.2. The van der Waals surface area contributed by atoms with E-state index in [2.05, 4.69) is 191 Å². The van der Waals surface area contributed by atoms with Crippen LogP contribution in [0.25, 0.3) is 121 Å². The third kappa shape index (κ3) is 4.40. The summed E-state index contributed by atoms with van der Waals surface area (Å²) in [4.78, 5) is 0. The smallest absolute Gasteiger partial charge is 0.147 e. The Balaban J connectivity index is 1.10. The van der Waals surface area contributed by atoms with Crippen LogP contribution in [0.15, 0.2) is 203 Å². The van der Waals surface area contributed by atoms with Crippen molar-refractivity contribution in [1.82, 2.24) is 9.13 Å². The van der Waals surface area contributed by atoms with Gasteiger partial charge in [-0.05, 0) is 108 Å². The highest BCUT2D eigenvalue weighted by Gasteiger charge is 2.22. The van der Waals surface area contributed by atoms with Gasteiger partial charge in [-0.1, -0.05) is 103 Å². The Morgan fingerprint density at radius 2 is 0.828 bits per heavy atom. The van der Waals surface area contributed by atoms with Crippen LogP contribution in [0.1, 0.15) is 0 Å². The van der Waals surface area contributed by atoms with Crippen molar-refractivity contribution in [3.63, 3.8) is 0 Å². The summed E-state index contributed by atoms with van der Waals surface area (Å²) in [6.07, 6.45) is 0. The minimum Gasteiger partial charge on any atom is -0.456 e. The van der Waals surface area contributed by atoms with Gasteiger partial charge in [-0.25, -0.2) is 0 Å². The van der Waals surface area contributed by atoms with Crippen LogP contribution in [-0.4, -0.2) is 9.13 Å². The van der Waals surface area contributed by atoms with Gasteiger partial charge in [0.05, 0.1) is 27.5 Å². The van der Waals surface area contributed by atoms with E-state index < -0.39 is 0 Å². The number of nitrogens with zero attached hydrogens (tertiary/aromatic N) is 2. The molecule has 0 fully saturated rings. The van der Waals surface area contributed by atoms with Gasteiger partial charge >= 0.3 is 0 Å². The van der Waals surface area contributed by atoms with E-state index in [1.807, 2.05) is 12.1 Å². The fourth-order valence-corrected chi connectivity index (χ4v) is 9.53. The summed E-state index contributed by atoms with van der Waals surface area (Å²) in [6, 6.07) is 69.6. The highest BCUT2D eigenvalue weighted by molar-refractivity contribution is 6.24. The molecule has 13 rings (SSSR count). The van der Waals surface area contributed by atoms with E-state index in [-0.39, 0.29) is 0 Å². The third-order valence-electron chi connectivity index (χ3n) is 12.1. The Bertz CT molecular complexity index is 3790. The molecule has 0 aliphatic carbocycles. The predicted octanol–water partition coefficient (Wildman–Crippen LogP) is 15.0. The first-order valence-corrected chi connectivity index (χ1v) is 19.8. The zero-order chi connectivity index (χ0) is 37.9. The lowest BCUT2D eigenvalue weighted by Gasteiger charge is -2.11. The van der Waals surface area contributed by atoms with Crippen molar-refractivity contribution in [2.24, 2.45) is 0 Å². The number of fused-ring (bicyclic) bond motifs is 13. The number of hydrogen-bond donors (Lipinski definition) is 0. The summed E-state index contributed by atoms with van der Waals surface area (Å²) in [5.41, 5.74) is 14.8. The second-order valence-electron chi connectivity index (χ2n) is 15.3.